The summed E-state index contributed by atoms with van der Waals surface area (Å²) in [5, 5.41) is 6.85. The molecule has 5 nitrogen and oxygen atoms in total. The number of benzene rings is 2. The van der Waals surface area contributed by atoms with Crippen molar-refractivity contribution in [3.63, 3.8) is 0 Å². The van der Waals surface area contributed by atoms with Crippen LogP contribution in [0.5, 0.6) is 0 Å². The third-order valence-electron chi connectivity index (χ3n) is 4.73. The van der Waals surface area contributed by atoms with Gasteiger partial charge in [-0.15, -0.1) is 24.0 Å². The lowest BCUT2D eigenvalue weighted by atomic mass is 10.1. The zero-order chi connectivity index (χ0) is 19.6. The van der Waals surface area contributed by atoms with Gasteiger partial charge < -0.3 is 15.2 Å². The molecule has 154 valence electrons. The third-order valence-corrected chi connectivity index (χ3v) is 4.73. The zero-order valence-electron chi connectivity index (χ0n) is 17.1. The molecule has 0 radical (unpaired) electrons. The van der Waals surface area contributed by atoms with Crippen LogP contribution in [0, 0.1) is 0 Å². The Bertz CT molecular complexity index is 861. The van der Waals surface area contributed by atoms with Gasteiger partial charge in [0.15, 0.2) is 5.96 Å². The number of aromatic nitrogens is 2. The molecule has 0 aliphatic rings. The molecule has 1 heterocycles. The standard InChI is InChI=1S/C23H29N5.HI/c1-19(13-14-20-9-5-3-6-10-20)27-23(24-2)26-17-22-25-15-16-28(22)18-21-11-7-4-8-12-21;/h3-12,15-16,19H,13-14,17-18H2,1-2H3,(H2,24,26,27);1H. The minimum atomic E-state index is 0. The quantitative estimate of drug-likeness (QED) is 0.275. The Morgan fingerprint density at radius 3 is 2.34 bits per heavy atom. The van der Waals surface area contributed by atoms with E-state index in [4.69, 9.17) is 0 Å². The Labute approximate surface area is 190 Å². The second-order valence-corrected chi connectivity index (χ2v) is 6.95. The first-order valence-electron chi connectivity index (χ1n) is 9.79. The molecule has 2 N–H and O–H groups in total. The van der Waals surface area contributed by atoms with E-state index in [9.17, 15) is 0 Å². The minimum Gasteiger partial charge on any atom is -0.354 e. The van der Waals surface area contributed by atoms with Gasteiger partial charge in [0, 0.05) is 32.0 Å². The maximum atomic E-state index is 4.49. The maximum Gasteiger partial charge on any atom is 0.191 e. The van der Waals surface area contributed by atoms with Gasteiger partial charge in [-0.3, -0.25) is 4.99 Å². The van der Waals surface area contributed by atoms with Crippen molar-refractivity contribution in [1.29, 1.82) is 0 Å². The Morgan fingerprint density at radius 1 is 1.03 bits per heavy atom. The molecule has 0 aliphatic heterocycles. The second-order valence-electron chi connectivity index (χ2n) is 6.95. The van der Waals surface area contributed by atoms with Crippen LogP contribution in [0.4, 0.5) is 0 Å². The van der Waals surface area contributed by atoms with E-state index in [2.05, 4.69) is 86.7 Å². The van der Waals surface area contributed by atoms with Gasteiger partial charge in [-0.2, -0.15) is 0 Å². The fourth-order valence-corrected chi connectivity index (χ4v) is 3.12. The van der Waals surface area contributed by atoms with Gasteiger partial charge in [-0.05, 0) is 30.9 Å². The van der Waals surface area contributed by atoms with Crippen LogP contribution in [0.3, 0.4) is 0 Å². The van der Waals surface area contributed by atoms with Gasteiger partial charge in [-0.25, -0.2) is 4.98 Å². The first-order chi connectivity index (χ1) is 13.7. The highest BCUT2D eigenvalue weighted by atomic mass is 127. The fraction of sp³-hybridized carbons (Fsp3) is 0.304. The van der Waals surface area contributed by atoms with Gasteiger partial charge in [0.25, 0.3) is 0 Å². The van der Waals surface area contributed by atoms with Crippen molar-refractivity contribution in [2.45, 2.75) is 38.9 Å². The first kappa shape index (κ1) is 22.9. The lowest BCUT2D eigenvalue weighted by Gasteiger charge is -2.18. The summed E-state index contributed by atoms with van der Waals surface area (Å²) in [4.78, 5) is 8.84. The first-order valence-corrected chi connectivity index (χ1v) is 9.79. The van der Waals surface area contributed by atoms with E-state index in [1.54, 1.807) is 7.05 Å². The summed E-state index contributed by atoms with van der Waals surface area (Å²) in [6, 6.07) is 21.3. The highest BCUT2D eigenvalue weighted by molar-refractivity contribution is 14.0. The van der Waals surface area contributed by atoms with Crippen molar-refractivity contribution in [2.24, 2.45) is 4.99 Å². The SMILES string of the molecule is CN=C(NCc1nccn1Cc1ccccc1)NC(C)CCc1ccccc1.I. The second kappa shape index (κ2) is 12.3. The largest absolute Gasteiger partial charge is 0.354 e. The average Bonchev–Trinajstić information content (AvgIpc) is 3.18. The number of guanidine groups is 1. The van der Waals surface area contributed by atoms with Gasteiger partial charge >= 0.3 is 0 Å². The van der Waals surface area contributed by atoms with Crippen LogP contribution in [0.25, 0.3) is 0 Å². The van der Waals surface area contributed by atoms with Gasteiger partial charge in [0.1, 0.15) is 5.82 Å². The van der Waals surface area contributed by atoms with Crippen LogP contribution in [0.2, 0.25) is 0 Å². The molecule has 1 atom stereocenters. The predicted octanol–water partition coefficient (Wildman–Crippen LogP) is 4.24. The molecule has 1 unspecified atom stereocenters. The van der Waals surface area contributed by atoms with Crippen molar-refractivity contribution in [3.05, 3.63) is 90.0 Å². The van der Waals surface area contributed by atoms with Crippen LogP contribution in [0.1, 0.15) is 30.3 Å². The Kier molecular flexibility index (Phi) is 9.70. The molecule has 29 heavy (non-hydrogen) atoms. The predicted molar refractivity (Wildman–Crippen MR) is 131 cm³/mol. The number of imidazole rings is 1. The Balaban J connectivity index is 0.00000300. The molecular formula is C23H30IN5. The highest BCUT2D eigenvalue weighted by Gasteiger charge is 2.08. The minimum absolute atomic E-state index is 0. The monoisotopic (exact) mass is 503 g/mol. The topological polar surface area (TPSA) is 54.2 Å². The summed E-state index contributed by atoms with van der Waals surface area (Å²) in [5.74, 6) is 1.79. The van der Waals surface area contributed by atoms with E-state index in [0.29, 0.717) is 12.6 Å². The van der Waals surface area contributed by atoms with Crippen molar-refractivity contribution >= 4 is 29.9 Å². The molecule has 0 amide bonds. The maximum absolute atomic E-state index is 4.49. The van der Waals surface area contributed by atoms with Crippen LogP contribution in [-0.4, -0.2) is 28.6 Å². The van der Waals surface area contributed by atoms with Gasteiger partial charge in [-0.1, -0.05) is 60.7 Å². The molecule has 0 aliphatic carbocycles. The molecule has 3 rings (SSSR count). The smallest absolute Gasteiger partial charge is 0.191 e. The lowest BCUT2D eigenvalue weighted by Crippen LogP contribution is -2.42. The lowest BCUT2D eigenvalue weighted by molar-refractivity contribution is 0.589. The molecular weight excluding hydrogens is 473 g/mol. The average molecular weight is 503 g/mol. The fourth-order valence-electron chi connectivity index (χ4n) is 3.12. The van der Waals surface area contributed by atoms with Gasteiger partial charge in [0.2, 0.25) is 0 Å². The van der Waals surface area contributed by atoms with Crippen molar-refractivity contribution in [3.8, 4) is 0 Å². The molecule has 0 fully saturated rings. The number of halogens is 1. The van der Waals surface area contributed by atoms with E-state index in [-0.39, 0.29) is 24.0 Å². The number of hydrogen-bond donors (Lipinski definition) is 2. The van der Waals surface area contributed by atoms with Crippen molar-refractivity contribution < 1.29 is 0 Å². The zero-order valence-corrected chi connectivity index (χ0v) is 19.4. The number of rotatable bonds is 8. The number of nitrogens with zero attached hydrogens (tertiary/aromatic N) is 3. The number of hydrogen-bond acceptors (Lipinski definition) is 2. The number of nitrogens with one attached hydrogen (secondary N) is 2. The summed E-state index contributed by atoms with van der Waals surface area (Å²) >= 11 is 0. The normalized spacial score (nSPS) is 12.1. The Hall–Kier alpha value is -2.35. The summed E-state index contributed by atoms with van der Waals surface area (Å²) in [6.45, 7) is 3.63. The number of aliphatic imine (C=N–C) groups is 1. The third kappa shape index (κ3) is 7.53. The molecule has 1 aromatic heterocycles. The van der Waals surface area contributed by atoms with E-state index in [0.717, 1.165) is 31.2 Å². The summed E-state index contributed by atoms with van der Waals surface area (Å²) in [5.41, 5.74) is 2.63. The summed E-state index contributed by atoms with van der Waals surface area (Å²) in [6.07, 6.45) is 5.96. The number of aryl methyl sites for hydroxylation is 1. The molecule has 0 saturated heterocycles. The van der Waals surface area contributed by atoms with Gasteiger partial charge in [0.05, 0.1) is 6.54 Å². The molecule has 0 spiro atoms. The van der Waals surface area contributed by atoms with Crippen molar-refractivity contribution in [1.82, 2.24) is 20.2 Å². The van der Waals surface area contributed by atoms with Crippen LogP contribution in [-0.2, 0) is 19.5 Å². The molecule has 0 saturated carbocycles. The summed E-state index contributed by atoms with van der Waals surface area (Å²) < 4.78 is 2.16. The Morgan fingerprint density at radius 2 is 1.69 bits per heavy atom. The van der Waals surface area contributed by atoms with E-state index < -0.39 is 0 Å². The molecule has 0 bridgehead atoms. The molecule has 6 heteroatoms. The van der Waals surface area contributed by atoms with Crippen molar-refractivity contribution in [2.75, 3.05) is 7.05 Å². The van der Waals surface area contributed by atoms with Crippen LogP contribution < -0.4 is 10.6 Å². The summed E-state index contributed by atoms with van der Waals surface area (Å²) in [7, 11) is 1.80. The van der Waals surface area contributed by atoms with E-state index in [1.807, 2.05) is 18.5 Å². The van der Waals surface area contributed by atoms with Crippen LogP contribution in [0.15, 0.2) is 78.0 Å². The molecule has 2 aromatic carbocycles. The van der Waals surface area contributed by atoms with Crippen LogP contribution >= 0.6 is 24.0 Å². The van der Waals surface area contributed by atoms with E-state index in [1.165, 1.54) is 11.1 Å². The molecule has 3 aromatic rings. The highest BCUT2D eigenvalue weighted by Crippen LogP contribution is 2.06. The van der Waals surface area contributed by atoms with E-state index >= 15 is 0 Å².